The smallest absolute Gasteiger partial charge is 0.257 e. The SMILES string of the molecule is COc1ccc(C(=O)Nc2ccc(C(=O)N3CCC[C@H]4CCCC[C@H]43)c(OC)c2)cc1. The van der Waals surface area contributed by atoms with Crippen molar-refractivity contribution in [3.05, 3.63) is 53.6 Å². The first kappa shape index (κ1) is 21.2. The molecule has 1 N–H and O–H groups in total. The van der Waals surface area contributed by atoms with Crippen molar-refractivity contribution in [2.75, 3.05) is 26.1 Å². The molecule has 4 rings (SSSR count). The number of hydrogen-bond acceptors (Lipinski definition) is 4. The average molecular weight is 423 g/mol. The zero-order chi connectivity index (χ0) is 21.8. The number of amides is 2. The standard InChI is InChI=1S/C25H30N2O4/c1-30-20-12-9-18(10-13-20)24(28)26-19-11-14-21(23(16-19)31-2)25(29)27-15-5-7-17-6-3-4-8-22(17)27/h9-14,16-17,22H,3-8,15H2,1-2H3,(H,26,28)/t17-,22-/m1/s1. The van der Waals surface area contributed by atoms with Gasteiger partial charge in [0.25, 0.3) is 11.8 Å². The van der Waals surface area contributed by atoms with Gasteiger partial charge in [-0.05, 0) is 68.0 Å². The Morgan fingerprint density at radius 2 is 1.68 bits per heavy atom. The van der Waals surface area contributed by atoms with Gasteiger partial charge in [0.05, 0.1) is 19.8 Å². The molecule has 2 atom stereocenters. The predicted molar refractivity (Wildman–Crippen MR) is 120 cm³/mol. The molecule has 1 aliphatic carbocycles. The molecule has 1 saturated carbocycles. The third-order valence-corrected chi connectivity index (χ3v) is 6.55. The van der Waals surface area contributed by atoms with Gasteiger partial charge >= 0.3 is 0 Å². The molecule has 1 heterocycles. The fourth-order valence-corrected chi connectivity index (χ4v) is 4.92. The molecule has 6 heteroatoms. The highest BCUT2D eigenvalue weighted by atomic mass is 16.5. The van der Waals surface area contributed by atoms with Crippen LogP contribution in [-0.4, -0.2) is 43.5 Å². The Balaban J connectivity index is 1.50. The third-order valence-electron chi connectivity index (χ3n) is 6.55. The van der Waals surface area contributed by atoms with Crippen molar-refractivity contribution in [2.45, 2.75) is 44.6 Å². The van der Waals surface area contributed by atoms with Gasteiger partial charge in [0.2, 0.25) is 0 Å². The molecule has 0 aromatic heterocycles. The summed E-state index contributed by atoms with van der Waals surface area (Å²) >= 11 is 0. The van der Waals surface area contributed by atoms with Crippen molar-refractivity contribution in [1.82, 2.24) is 4.90 Å². The molecule has 6 nitrogen and oxygen atoms in total. The molecule has 2 amide bonds. The number of nitrogens with zero attached hydrogens (tertiary/aromatic N) is 1. The van der Waals surface area contributed by atoms with Crippen LogP contribution in [0.3, 0.4) is 0 Å². The van der Waals surface area contributed by atoms with Gasteiger partial charge in [-0.1, -0.05) is 12.8 Å². The molecular weight excluding hydrogens is 392 g/mol. The van der Waals surface area contributed by atoms with Gasteiger partial charge in [-0.3, -0.25) is 9.59 Å². The van der Waals surface area contributed by atoms with Crippen molar-refractivity contribution < 1.29 is 19.1 Å². The first-order valence-electron chi connectivity index (χ1n) is 11.0. The molecule has 2 fully saturated rings. The summed E-state index contributed by atoms with van der Waals surface area (Å²) in [5.41, 5.74) is 1.66. The van der Waals surface area contributed by atoms with E-state index in [0.717, 1.165) is 19.4 Å². The van der Waals surface area contributed by atoms with Crippen LogP contribution in [-0.2, 0) is 0 Å². The number of fused-ring (bicyclic) bond motifs is 1. The number of methoxy groups -OCH3 is 2. The quantitative estimate of drug-likeness (QED) is 0.755. The first-order chi connectivity index (χ1) is 15.1. The lowest BCUT2D eigenvalue weighted by Gasteiger charge is -2.44. The minimum Gasteiger partial charge on any atom is -0.497 e. The highest BCUT2D eigenvalue weighted by molar-refractivity contribution is 6.05. The second-order valence-electron chi connectivity index (χ2n) is 8.35. The van der Waals surface area contributed by atoms with Crippen molar-refractivity contribution in [1.29, 1.82) is 0 Å². The number of rotatable bonds is 5. The van der Waals surface area contributed by atoms with Gasteiger partial charge in [0.15, 0.2) is 0 Å². The van der Waals surface area contributed by atoms with Crippen molar-refractivity contribution in [3.8, 4) is 11.5 Å². The van der Waals surface area contributed by atoms with Crippen LogP contribution in [0.15, 0.2) is 42.5 Å². The molecular formula is C25H30N2O4. The molecule has 0 spiro atoms. The molecule has 2 aromatic carbocycles. The van der Waals surface area contributed by atoms with E-state index in [1.54, 1.807) is 56.7 Å². The summed E-state index contributed by atoms with van der Waals surface area (Å²) in [6.45, 7) is 0.805. The summed E-state index contributed by atoms with van der Waals surface area (Å²) in [6, 6.07) is 12.5. The second kappa shape index (κ2) is 9.41. The number of ether oxygens (including phenoxy) is 2. The van der Waals surface area contributed by atoms with Crippen LogP contribution in [0.2, 0.25) is 0 Å². The minimum absolute atomic E-state index is 0.0291. The van der Waals surface area contributed by atoms with Crippen molar-refractivity contribution in [3.63, 3.8) is 0 Å². The molecule has 164 valence electrons. The van der Waals surface area contributed by atoms with E-state index < -0.39 is 0 Å². The van der Waals surface area contributed by atoms with Crippen LogP contribution < -0.4 is 14.8 Å². The Morgan fingerprint density at radius 3 is 2.42 bits per heavy atom. The number of likely N-dealkylation sites (tertiary alicyclic amines) is 1. The van der Waals surface area contributed by atoms with Crippen LogP contribution >= 0.6 is 0 Å². The maximum Gasteiger partial charge on any atom is 0.257 e. The van der Waals surface area contributed by atoms with Gasteiger partial charge in [-0.15, -0.1) is 0 Å². The van der Waals surface area contributed by atoms with Gasteiger partial charge in [-0.25, -0.2) is 0 Å². The molecule has 31 heavy (non-hydrogen) atoms. The first-order valence-corrected chi connectivity index (χ1v) is 11.0. The monoisotopic (exact) mass is 422 g/mol. The summed E-state index contributed by atoms with van der Waals surface area (Å²) in [6.07, 6.45) is 7.07. The molecule has 2 aromatic rings. The van der Waals surface area contributed by atoms with Crippen LogP contribution in [0.5, 0.6) is 11.5 Å². The number of carbonyl (C=O) groups is 2. The van der Waals surface area contributed by atoms with E-state index in [2.05, 4.69) is 10.2 Å². The summed E-state index contributed by atoms with van der Waals surface area (Å²) in [7, 11) is 3.14. The molecule has 1 saturated heterocycles. The van der Waals surface area contributed by atoms with Gasteiger partial charge < -0.3 is 19.7 Å². The van der Waals surface area contributed by atoms with Crippen LogP contribution in [0.4, 0.5) is 5.69 Å². The number of nitrogens with one attached hydrogen (secondary N) is 1. The number of benzene rings is 2. The maximum absolute atomic E-state index is 13.4. The van der Waals surface area contributed by atoms with E-state index in [1.807, 2.05) is 0 Å². The van der Waals surface area contributed by atoms with E-state index in [9.17, 15) is 9.59 Å². The lowest BCUT2D eigenvalue weighted by atomic mass is 9.78. The van der Waals surface area contributed by atoms with Crippen LogP contribution in [0.25, 0.3) is 0 Å². The van der Waals surface area contributed by atoms with E-state index >= 15 is 0 Å². The predicted octanol–water partition coefficient (Wildman–Crippen LogP) is 4.75. The normalized spacial score (nSPS) is 20.5. The highest BCUT2D eigenvalue weighted by Gasteiger charge is 2.36. The Bertz CT molecular complexity index is 939. The van der Waals surface area contributed by atoms with Crippen LogP contribution in [0, 0.1) is 5.92 Å². The summed E-state index contributed by atoms with van der Waals surface area (Å²) in [5.74, 6) is 1.60. The summed E-state index contributed by atoms with van der Waals surface area (Å²) < 4.78 is 10.7. The summed E-state index contributed by atoms with van der Waals surface area (Å²) in [5, 5.41) is 2.88. The van der Waals surface area contributed by atoms with Gasteiger partial charge in [0.1, 0.15) is 11.5 Å². The molecule has 0 bridgehead atoms. The number of hydrogen-bond donors (Lipinski definition) is 1. The average Bonchev–Trinajstić information content (AvgIpc) is 2.83. The minimum atomic E-state index is -0.232. The maximum atomic E-state index is 13.4. The topological polar surface area (TPSA) is 67.9 Å². The number of piperidine rings is 1. The lowest BCUT2D eigenvalue weighted by Crippen LogP contribution is -2.49. The number of anilines is 1. The highest BCUT2D eigenvalue weighted by Crippen LogP contribution is 2.37. The molecule has 1 aliphatic heterocycles. The zero-order valence-corrected chi connectivity index (χ0v) is 18.2. The fraction of sp³-hybridized carbons (Fsp3) is 0.440. The van der Waals surface area contributed by atoms with E-state index in [0.29, 0.717) is 40.3 Å². The lowest BCUT2D eigenvalue weighted by molar-refractivity contribution is 0.0388. The largest absolute Gasteiger partial charge is 0.497 e. The molecule has 2 aliphatic rings. The Kier molecular flexibility index (Phi) is 6.44. The Hall–Kier alpha value is -3.02. The number of carbonyl (C=O) groups excluding carboxylic acids is 2. The van der Waals surface area contributed by atoms with Crippen molar-refractivity contribution >= 4 is 17.5 Å². The summed E-state index contributed by atoms with van der Waals surface area (Å²) in [4.78, 5) is 28.0. The van der Waals surface area contributed by atoms with Crippen molar-refractivity contribution in [2.24, 2.45) is 5.92 Å². The third kappa shape index (κ3) is 4.53. The zero-order valence-electron chi connectivity index (χ0n) is 18.2. The van der Waals surface area contributed by atoms with E-state index in [-0.39, 0.29) is 11.8 Å². The van der Waals surface area contributed by atoms with Gasteiger partial charge in [0, 0.05) is 29.9 Å². The molecule has 0 unspecified atom stereocenters. The van der Waals surface area contributed by atoms with Crippen LogP contribution in [0.1, 0.15) is 59.2 Å². The van der Waals surface area contributed by atoms with E-state index in [4.69, 9.17) is 9.47 Å². The Labute approximate surface area is 183 Å². The van der Waals surface area contributed by atoms with E-state index in [1.165, 1.54) is 25.7 Å². The van der Waals surface area contributed by atoms with Gasteiger partial charge in [-0.2, -0.15) is 0 Å². The fourth-order valence-electron chi connectivity index (χ4n) is 4.92. The second-order valence-corrected chi connectivity index (χ2v) is 8.35. The Morgan fingerprint density at radius 1 is 0.935 bits per heavy atom. The molecule has 0 radical (unpaired) electrons.